The summed E-state index contributed by atoms with van der Waals surface area (Å²) in [5.41, 5.74) is 0. The number of nitrogens with one attached hydrogen (secondary N) is 1. The zero-order valence-electron chi connectivity index (χ0n) is 10.3. The first-order valence-electron chi connectivity index (χ1n) is 6.02. The lowest BCUT2D eigenvalue weighted by Gasteiger charge is -2.39. The van der Waals surface area contributed by atoms with E-state index in [2.05, 4.69) is 5.32 Å². The van der Waals surface area contributed by atoms with Gasteiger partial charge in [-0.2, -0.15) is 13.2 Å². The van der Waals surface area contributed by atoms with Gasteiger partial charge in [0.15, 0.2) is 6.10 Å². The van der Waals surface area contributed by atoms with Crippen LogP contribution in [0.1, 0.15) is 19.8 Å². The van der Waals surface area contributed by atoms with Crippen LogP contribution in [-0.4, -0.2) is 55.0 Å². The molecular weight excluding hydrogens is 233 g/mol. The highest BCUT2D eigenvalue weighted by Gasteiger charge is 2.40. The van der Waals surface area contributed by atoms with Gasteiger partial charge in [0.1, 0.15) is 0 Å². The zero-order valence-corrected chi connectivity index (χ0v) is 10.3. The predicted molar refractivity (Wildman–Crippen MR) is 59.7 cm³/mol. The minimum absolute atomic E-state index is 0.309. The summed E-state index contributed by atoms with van der Waals surface area (Å²) in [5.74, 6) is 0.356. The molecule has 0 amide bonds. The average Bonchev–Trinajstić information content (AvgIpc) is 2.27. The number of nitrogens with zero attached hydrogens (tertiary/aromatic N) is 1. The van der Waals surface area contributed by atoms with Gasteiger partial charge in [-0.1, -0.05) is 13.3 Å². The maximum Gasteiger partial charge on any atom is 0.415 e. The Bertz CT molecular complexity index is 235. The molecule has 6 heteroatoms. The molecule has 3 unspecified atom stereocenters. The van der Waals surface area contributed by atoms with Gasteiger partial charge < -0.3 is 15.3 Å². The monoisotopic (exact) mass is 254 g/mol. The van der Waals surface area contributed by atoms with Gasteiger partial charge in [0.05, 0.1) is 0 Å². The summed E-state index contributed by atoms with van der Waals surface area (Å²) in [6.07, 6.45) is -4.98. The Kier molecular flexibility index (Phi) is 5.22. The lowest BCUT2D eigenvalue weighted by atomic mass is 9.90. The molecule has 1 rings (SSSR count). The first kappa shape index (κ1) is 14.7. The van der Waals surface area contributed by atoms with Crippen LogP contribution >= 0.6 is 0 Å². The number of aliphatic hydroxyl groups excluding tert-OH is 1. The molecule has 1 aliphatic heterocycles. The van der Waals surface area contributed by atoms with Crippen LogP contribution < -0.4 is 5.32 Å². The van der Waals surface area contributed by atoms with Gasteiger partial charge in [-0.05, 0) is 25.9 Å². The van der Waals surface area contributed by atoms with Crippen molar-refractivity contribution in [2.24, 2.45) is 5.92 Å². The maximum atomic E-state index is 12.2. The third kappa shape index (κ3) is 4.12. The van der Waals surface area contributed by atoms with E-state index in [9.17, 15) is 13.2 Å². The Morgan fingerprint density at radius 2 is 2.12 bits per heavy atom. The van der Waals surface area contributed by atoms with Crippen molar-refractivity contribution in [1.29, 1.82) is 0 Å². The number of hydrogen-bond donors (Lipinski definition) is 2. The Labute approximate surface area is 100.0 Å². The summed E-state index contributed by atoms with van der Waals surface area (Å²) in [6, 6.07) is 0.374. The molecule has 3 atom stereocenters. The first-order valence-corrected chi connectivity index (χ1v) is 6.02. The molecule has 0 spiro atoms. The molecular formula is C11H21F3N2O. The van der Waals surface area contributed by atoms with E-state index in [4.69, 9.17) is 5.11 Å². The third-order valence-electron chi connectivity index (χ3n) is 3.52. The standard InChI is InChI=1S/C11H21F3N2O/c1-3-8-6-16(5-4-9(8)15-2)7-10(17)11(12,13)14/h8-10,15,17H,3-7H2,1-2H3. The van der Waals surface area contributed by atoms with Gasteiger partial charge in [-0.15, -0.1) is 0 Å². The molecule has 0 aliphatic carbocycles. The van der Waals surface area contributed by atoms with Gasteiger partial charge in [0, 0.05) is 19.1 Å². The average molecular weight is 254 g/mol. The van der Waals surface area contributed by atoms with Crippen molar-refractivity contribution in [2.45, 2.75) is 38.1 Å². The summed E-state index contributed by atoms with van der Waals surface area (Å²) >= 11 is 0. The summed E-state index contributed by atoms with van der Waals surface area (Å²) in [5, 5.41) is 12.2. The number of likely N-dealkylation sites (tertiary alicyclic amines) is 1. The fraction of sp³-hybridized carbons (Fsp3) is 1.00. The Morgan fingerprint density at radius 3 is 2.59 bits per heavy atom. The first-order chi connectivity index (χ1) is 7.88. The molecule has 1 saturated heterocycles. The second kappa shape index (κ2) is 6.02. The largest absolute Gasteiger partial charge is 0.415 e. The number of alkyl halides is 3. The SMILES string of the molecule is CCC1CN(CC(O)C(F)(F)F)CCC1NC. The molecule has 0 saturated carbocycles. The van der Waals surface area contributed by atoms with Gasteiger partial charge >= 0.3 is 6.18 Å². The normalized spacial score (nSPS) is 29.3. The van der Waals surface area contributed by atoms with E-state index in [1.165, 1.54) is 0 Å². The molecule has 0 aromatic carbocycles. The van der Waals surface area contributed by atoms with Crippen molar-refractivity contribution in [1.82, 2.24) is 10.2 Å². The number of β-amino-alcohol motifs (C(OH)–C–C–N with tert-alkyl or cyclic N) is 1. The zero-order chi connectivity index (χ0) is 13.1. The smallest absolute Gasteiger partial charge is 0.382 e. The van der Waals surface area contributed by atoms with E-state index in [1.807, 2.05) is 14.0 Å². The van der Waals surface area contributed by atoms with E-state index >= 15 is 0 Å². The quantitative estimate of drug-likeness (QED) is 0.792. The molecule has 17 heavy (non-hydrogen) atoms. The highest BCUT2D eigenvalue weighted by atomic mass is 19.4. The van der Waals surface area contributed by atoms with E-state index in [0.717, 1.165) is 12.8 Å². The van der Waals surface area contributed by atoms with Crippen LogP contribution in [-0.2, 0) is 0 Å². The molecule has 1 heterocycles. The van der Waals surface area contributed by atoms with Crippen LogP contribution in [0, 0.1) is 5.92 Å². The number of halogens is 3. The molecule has 102 valence electrons. The van der Waals surface area contributed by atoms with E-state index in [-0.39, 0.29) is 6.54 Å². The van der Waals surface area contributed by atoms with Crippen molar-refractivity contribution in [3.05, 3.63) is 0 Å². The van der Waals surface area contributed by atoms with E-state index < -0.39 is 12.3 Å². The fourth-order valence-electron chi connectivity index (χ4n) is 2.42. The number of piperidine rings is 1. The second-order valence-corrected chi connectivity index (χ2v) is 4.67. The molecule has 1 fully saturated rings. The minimum Gasteiger partial charge on any atom is -0.382 e. The number of hydrogen-bond acceptors (Lipinski definition) is 3. The van der Waals surface area contributed by atoms with Crippen molar-refractivity contribution in [3.63, 3.8) is 0 Å². The van der Waals surface area contributed by atoms with E-state index in [1.54, 1.807) is 4.90 Å². The van der Waals surface area contributed by atoms with Gasteiger partial charge in [0.25, 0.3) is 0 Å². The Balaban J connectivity index is 2.47. The van der Waals surface area contributed by atoms with Gasteiger partial charge in [-0.3, -0.25) is 0 Å². The van der Waals surface area contributed by atoms with Crippen molar-refractivity contribution < 1.29 is 18.3 Å². The van der Waals surface area contributed by atoms with Crippen LogP contribution in [0.5, 0.6) is 0 Å². The van der Waals surface area contributed by atoms with Crippen LogP contribution in [0.15, 0.2) is 0 Å². The predicted octanol–water partition coefficient (Wildman–Crippen LogP) is 1.23. The van der Waals surface area contributed by atoms with Crippen molar-refractivity contribution >= 4 is 0 Å². The molecule has 2 N–H and O–H groups in total. The van der Waals surface area contributed by atoms with Crippen LogP contribution in [0.25, 0.3) is 0 Å². The van der Waals surface area contributed by atoms with Crippen LogP contribution in [0.4, 0.5) is 13.2 Å². The van der Waals surface area contributed by atoms with Gasteiger partial charge in [-0.25, -0.2) is 0 Å². The highest BCUT2D eigenvalue weighted by molar-refractivity contribution is 4.85. The van der Waals surface area contributed by atoms with Crippen molar-refractivity contribution in [2.75, 3.05) is 26.7 Å². The second-order valence-electron chi connectivity index (χ2n) is 4.67. The maximum absolute atomic E-state index is 12.2. The molecule has 3 nitrogen and oxygen atoms in total. The highest BCUT2D eigenvalue weighted by Crippen LogP contribution is 2.24. The lowest BCUT2D eigenvalue weighted by Crippen LogP contribution is -2.51. The Hall–Kier alpha value is -0.330. The fourth-order valence-corrected chi connectivity index (χ4v) is 2.42. The van der Waals surface area contributed by atoms with Crippen molar-refractivity contribution in [3.8, 4) is 0 Å². The summed E-state index contributed by atoms with van der Waals surface area (Å²) in [4.78, 5) is 1.71. The molecule has 0 bridgehead atoms. The van der Waals surface area contributed by atoms with E-state index in [0.29, 0.717) is 25.0 Å². The van der Waals surface area contributed by atoms with Gasteiger partial charge in [0.2, 0.25) is 0 Å². The summed E-state index contributed by atoms with van der Waals surface area (Å²) in [7, 11) is 1.88. The Morgan fingerprint density at radius 1 is 1.47 bits per heavy atom. The van der Waals surface area contributed by atoms with Crippen LogP contribution in [0.2, 0.25) is 0 Å². The molecule has 1 aliphatic rings. The third-order valence-corrected chi connectivity index (χ3v) is 3.52. The topological polar surface area (TPSA) is 35.5 Å². The minimum atomic E-state index is -4.51. The summed E-state index contributed by atoms with van der Waals surface area (Å²) < 4.78 is 36.7. The molecule has 0 aromatic heterocycles. The number of aliphatic hydroxyl groups is 1. The van der Waals surface area contributed by atoms with Crippen LogP contribution in [0.3, 0.4) is 0 Å². The number of rotatable bonds is 4. The lowest BCUT2D eigenvalue weighted by molar-refractivity contribution is -0.209. The summed E-state index contributed by atoms with van der Waals surface area (Å²) in [6.45, 7) is 2.96. The molecule has 0 aromatic rings. The molecule has 0 radical (unpaired) electrons.